The van der Waals surface area contributed by atoms with Gasteiger partial charge < -0.3 is 16.2 Å². The van der Waals surface area contributed by atoms with E-state index in [1.165, 1.54) is 0 Å². The van der Waals surface area contributed by atoms with Gasteiger partial charge in [-0.1, -0.05) is 0 Å². The highest BCUT2D eigenvalue weighted by Crippen LogP contribution is 1.88. The van der Waals surface area contributed by atoms with Crippen LogP contribution in [0, 0.1) is 0 Å². The Morgan fingerprint density at radius 1 is 1.21 bits per heavy atom. The molecule has 0 aliphatic heterocycles. The molecular formula is C9H24N4O. The smallest absolute Gasteiger partial charge is 0.0570 e. The first-order valence-corrected chi connectivity index (χ1v) is 5.29. The molecule has 0 rings (SSSR count). The highest BCUT2D eigenvalue weighted by Gasteiger charge is 2.01. The largest absolute Gasteiger partial charge is 0.395 e. The standard InChI is InChI=1S/C9H24N4O/c1-11-5-3-8-13(7-2-4-10)12-6-9-14/h11-12,14H,2-10H2,1H3. The van der Waals surface area contributed by atoms with Gasteiger partial charge in [-0.2, -0.15) is 0 Å². The number of nitrogens with zero attached hydrogens (tertiary/aromatic N) is 1. The molecule has 0 aliphatic carbocycles. The van der Waals surface area contributed by atoms with E-state index >= 15 is 0 Å². The van der Waals surface area contributed by atoms with E-state index in [0.29, 0.717) is 13.1 Å². The number of aliphatic hydroxyl groups excluding tert-OH is 1. The van der Waals surface area contributed by atoms with Crippen LogP contribution >= 0.6 is 0 Å². The van der Waals surface area contributed by atoms with Gasteiger partial charge in [-0.15, -0.1) is 0 Å². The van der Waals surface area contributed by atoms with Crippen molar-refractivity contribution < 1.29 is 5.11 Å². The second-order valence-electron chi connectivity index (χ2n) is 3.22. The van der Waals surface area contributed by atoms with E-state index < -0.39 is 0 Å². The summed E-state index contributed by atoms with van der Waals surface area (Å²) in [6.45, 7) is 4.44. The SMILES string of the molecule is CNCCCN(CCCN)NCCO. The van der Waals surface area contributed by atoms with Crippen LogP contribution in [-0.4, -0.2) is 56.5 Å². The molecule has 0 saturated carbocycles. The lowest BCUT2D eigenvalue weighted by molar-refractivity contribution is 0.160. The Morgan fingerprint density at radius 3 is 2.50 bits per heavy atom. The molecule has 0 heterocycles. The molecule has 0 bridgehead atoms. The Hall–Kier alpha value is -0.200. The molecule has 5 nitrogen and oxygen atoms in total. The first kappa shape index (κ1) is 13.8. The minimum Gasteiger partial charge on any atom is -0.395 e. The average molecular weight is 204 g/mol. The van der Waals surface area contributed by atoms with E-state index in [4.69, 9.17) is 10.8 Å². The second kappa shape index (κ2) is 10.9. The number of hydrogen-bond acceptors (Lipinski definition) is 5. The third-order valence-electron chi connectivity index (χ3n) is 1.93. The molecule has 0 aromatic carbocycles. The maximum Gasteiger partial charge on any atom is 0.0570 e. The van der Waals surface area contributed by atoms with Crippen LogP contribution in [-0.2, 0) is 0 Å². The fraction of sp³-hybridized carbons (Fsp3) is 1.00. The maximum atomic E-state index is 8.69. The molecule has 0 unspecified atom stereocenters. The van der Waals surface area contributed by atoms with Crippen LogP contribution in [0.2, 0.25) is 0 Å². The summed E-state index contributed by atoms with van der Waals surface area (Å²) in [5, 5.41) is 13.9. The highest BCUT2D eigenvalue weighted by atomic mass is 16.3. The van der Waals surface area contributed by atoms with Crippen LogP contribution in [0.1, 0.15) is 12.8 Å². The quantitative estimate of drug-likeness (QED) is 0.264. The summed E-state index contributed by atoms with van der Waals surface area (Å²) in [6, 6.07) is 0. The Balaban J connectivity index is 3.49. The predicted molar refractivity (Wildman–Crippen MR) is 58.9 cm³/mol. The summed E-state index contributed by atoms with van der Waals surface area (Å²) in [5.41, 5.74) is 8.61. The number of hydrogen-bond donors (Lipinski definition) is 4. The van der Waals surface area contributed by atoms with Crippen LogP contribution < -0.4 is 16.5 Å². The molecule has 0 saturated heterocycles. The van der Waals surface area contributed by atoms with Crippen molar-refractivity contribution in [3.05, 3.63) is 0 Å². The minimum atomic E-state index is 0.172. The van der Waals surface area contributed by atoms with E-state index in [0.717, 1.165) is 32.5 Å². The van der Waals surface area contributed by atoms with Crippen molar-refractivity contribution in [1.82, 2.24) is 15.8 Å². The van der Waals surface area contributed by atoms with E-state index in [-0.39, 0.29) is 6.61 Å². The first-order valence-electron chi connectivity index (χ1n) is 5.29. The van der Waals surface area contributed by atoms with Crippen molar-refractivity contribution in [3.63, 3.8) is 0 Å². The van der Waals surface area contributed by atoms with Gasteiger partial charge in [0.15, 0.2) is 0 Å². The molecule has 0 fully saturated rings. The van der Waals surface area contributed by atoms with Crippen LogP contribution in [0.3, 0.4) is 0 Å². The summed E-state index contributed by atoms with van der Waals surface area (Å²) in [4.78, 5) is 0. The summed E-state index contributed by atoms with van der Waals surface area (Å²) in [5.74, 6) is 0. The molecule has 0 aromatic rings. The molecule has 0 atom stereocenters. The van der Waals surface area contributed by atoms with Crippen molar-refractivity contribution >= 4 is 0 Å². The van der Waals surface area contributed by atoms with E-state index in [2.05, 4.69) is 15.8 Å². The first-order chi connectivity index (χ1) is 6.85. The lowest BCUT2D eigenvalue weighted by Gasteiger charge is -2.22. The molecular weight excluding hydrogens is 180 g/mol. The molecule has 0 aliphatic rings. The Morgan fingerprint density at radius 2 is 1.93 bits per heavy atom. The molecule has 5 heteroatoms. The van der Waals surface area contributed by atoms with Crippen LogP contribution in [0.4, 0.5) is 0 Å². The Labute approximate surface area is 86.6 Å². The van der Waals surface area contributed by atoms with Crippen LogP contribution in [0.15, 0.2) is 0 Å². The maximum absolute atomic E-state index is 8.69. The number of rotatable bonds is 10. The minimum absolute atomic E-state index is 0.172. The van der Waals surface area contributed by atoms with Crippen molar-refractivity contribution in [2.24, 2.45) is 5.73 Å². The number of nitrogens with one attached hydrogen (secondary N) is 2. The topological polar surface area (TPSA) is 73.5 Å². The zero-order chi connectivity index (χ0) is 10.6. The van der Waals surface area contributed by atoms with Gasteiger partial charge >= 0.3 is 0 Å². The Bertz CT molecular complexity index is 105. The number of hydrazine groups is 1. The van der Waals surface area contributed by atoms with Crippen molar-refractivity contribution in [1.29, 1.82) is 0 Å². The van der Waals surface area contributed by atoms with Crippen molar-refractivity contribution in [3.8, 4) is 0 Å². The van der Waals surface area contributed by atoms with E-state index in [1.807, 2.05) is 7.05 Å². The molecule has 5 N–H and O–H groups in total. The van der Waals surface area contributed by atoms with E-state index in [1.54, 1.807) is 0 Å². The molecule has 0 amide bonds. The van der Waals surface area contributed by atoms with Crippen molar-refractivity contribution in [2.45, 2.75) is 12.8 Å². The Kier molecular flexibility index (Phi) is 10.7. The average Bonchev–Trinajstić information content (AvgIpc) is 2.21. The van der Waals surface area contributed by atoms with Crippen LogP contribution in [0.5, 0.6) is 0 Å². The summed E-state index contributed by atoms with van der Waals surface area (Å²) in [6.07, 6.45) is 2.08. The van der Waals surface area contributed by atoms with Gasteiger partial charge in [0.1, 0.15) is 0 Å². The van der Waals surface area contributed by atoms with Gasteiger partial charge in [0.05, 0.1) is 6.61 Å². The van der Waals surface area contributed by atoms with Gasteiger partial charge in [-0.05, 0) is 33.0 Å². The van der Waals surface area contributed by atoms with Gasteiger partial charge in [-0.3, -0.25) is 5.43 Å². The number of nitrogens with two attached hydrogens (primary N) is 1. The predicted octanol–water partition coefficient (Wildman–Crippen LogP) is -1.26. The molecule has 0 radical (unpaired) electrons. The monoisotopic (exact) mass is 204 g/mol. The highest BCUT2D eigenvalue weighted by molar-refractivity contribution is 4.55. The zero-order valence-corrected chi connectivity index (χ0v) is 9.13. The fourth-order valence-corrected chi connectivity index (χ4v) is 1.21. The van der Waals surface area contributed by atoms with Crippen molar-refractivity contribution in [2.75, 3.05) is 46.4 Å². The molecule has 0 spiro atoms. The lowest BCUT2D eigenvalue weighted by atomic mass is 10.3. The van der Waals surface area contributed by atoms with Crippen LogP contribution in [0.25, 0.3) is 0 Å². The van der Waals surface area contributed by atoms with Gasteiger partial charge in [0.2, 0.25) is 0 Å². The van der Waals surface area contributed by atoms with Gasteiger partial charge in [-0.25, -0.2) is 5.01 Å². The molecule has 86 valence electrons. The third kappa shape index (κ3) is 8.40. The third-order valence-corrected chi connectivity index (χ3v) is 1.93. The van der Waals surface area contributed by atoms with Gasteiger partial charge in [0, 0.05) is 19.6 Å². The fourth-order valence-electron chi connectivity index (χ4n) is 1.21. The van der Waals surface area contributed by atoms with Gasteiger partial charge in [0.25, 0.3) is 0 Å². The lowest BCUT2D eigenvalue weighted by Crippen LogP contribution is -2.42. The normalized spacial score (nSPS) is 11.1. The molecule has 14 heavy (non-hydrogen) atoms. The number of aliphatic hydroxyl groups is 1. The van der Waals surface area contributed by atoms with E-state index in [9.17, 15) is 0 Å². The summed E-state index contributed by atoms with van der Waals surface area (Å²) in [7, 11) is 1.95. The second-order valence-corrected chi connectivity index (χ2v) is 3.22. The summed E-state index contributed by atoms with van der Waals surface area (Å²) >= 11 is 0. The molecule has 0 aromatic heterocycles. The zero-order valence-electron chi connectivity index (χ0n) is 9.13. The summed E-state index contributed by atoms with van der Waals surface area (Å²) < 4.78 is 0.